The molecule has 6 heteroatoms. The lowest BCUT2D eigenvalue weighted by Gasteiger charge is -2.21. The van der Waals surface area contributed by atoms with Gasteiger partial charge in [0.25, 0.3) is 5.91 Å². The Morgan fingerprint density at radius 1 is 0.963 bits per heavy atom. The minimum absolute atomic E-state index is 0.223. The maximum atomic E-state index is 14.4. The van der Waals surface area contributed by atoms with E-state index in [2.05, 4.69) is 10.2 Å². The molecule has 1 saturated heterocycles. The van der Waals surface area contributed by atoms with Crippen molar-refractivity contribution in [1.82, 2.24) is 0 Å². The molecule has 2 heterocycles. The SMILES string of the molecule is O=C(Nc1c(F)cccc1N1CCCC1)c1ccc(-c2ccc(F)cc2)s1. The van der Waals surface area contributed by atoms with Crippen molar-refractivity contribution in [2.24, 2.45) is 0 Å². The van der Waals surface area contributed by atoms with Crippen LogP contribution in [0.25, 0.3) is 10.4 Å². The molecule has 0 atom stereocenters. The van der Waals surface area contributed by atoms with Crippen LogP contribution in [0.3, 0.4) is 0 Å². The number of hydrogen-bond acceptors (Lipinski definition) is 3. The van der Waals surface area contributed by atoms with E-state index in [0.717, 1.165) is 42.1 Å². The number of benzene rings is 2. The van der Waals surface area contributed by atoms with E-state index in [1.54, 1.807) is 24.3 Å². The number of halogens is 2. The molecule has 4 rings (SSSR count). The molecule has 0 aliphatic carbocycles. The van der Waals surface area contributed by atoms with Gasteiger partial charge < -0.3 is 10.2 Å². The second-order valence-corrected chi connectivity index (χ2v) is 7.54. The maximum Gasteiger partial charge on any atom is 0.265 e. The van der Waals surface area contributed by atoms with Crippen molar-refractivity contribution in [2.75, 3.05) is 23.3 Å². The van der Waals surface area contributed by atoms with Crippen LogP contribution < -0.4 is 10.2 Å². The summed E-state index contributed by atoms with van der Waals surface area (Å²) in [7, 11) is 0. The van der Waals surface area contributed by atoms with E-state index in [4.69, 9.17) is 0 Å². The van der Waals surface area contributed by atoms with E-state index >= 15 is 0 Å². The molecule has 0 spiro atoms. The molecule has 1 aliphatic heterocycles. The third-order valence-electron chi connectivity index (χ3n) is 4.64. The summed E-state index contributed by atoms with van der Waals surface area (Å²) in [6.45, 7) is 1.72. The maximum absolute atomic E-state index is 14.4. The van der Waals surface area contributed by atoms with Crippen molar-refractivity contribution in [3.63, 3.8) is 0 Å². The number of carbonyl (C=O) groups is 1. The Balaban J connectivity index is 1.57. The zero-order chi connectivity index (χ0) is 18.8. The number of rotatable bonds is 4. The van der Waals surface area contributed by atoms with E-state index in [0.29, 0.717) is 4.88 Å². The molecule has 0 unspecified atom stereocenters. The highest BCUT2D eigenvalue weighted by molar-refractivity contribution is 7.17. The predicted octanol–water partition coefficient (Wildman–Crippen LogP) is 5.55. The van der Waals surface area contributed by atoms with E-state index in [1.165, 1.54) is 29.5 Å². The number of carbonyl (C=O) groups excluding carboxylic acids is 1. The van der Waals surface area contributed by atoms with Crippen molar-refractivity contribution in [1.29, 1.82) is 0 Å². The number of hydrogen-bond donors (Lipinski definition) is 1. The first kappa shape index (κ1) is 17.7. The van der Waals surface area contributed by atoms with Crippen LogP contribution in [0.1, 0.15) is 22.5 Å². The lowest BCUT2D eigenvalue weighted by Crippen LogP contribution is -2.21. The van der Waals surface area contributed by atoms with Crippen molar-refractivity contribution in [2.45, 2.75) is 12.8 Å². The number of amides is 1. The highest BCUT2D eigenvalue weighted by Gasteiger charge is 2.20. The quantitative estimate of drug-likeness (QED) is 0.640. The first-order valence-corrected chi connectivity index (χ1v) is 9.64. The van der Waals surface area contributed by atoms with Gasteiger partial charge in [-0.3, -0.25) is 4.79 Å². The average molecular weight is 384 g/mol. The summed E-state index contributed by atoms with van der Waals surface area (Å²) in [6.07, 6.45) is 2.13. The summed E-state index contributed by atoms with van der Waals surface area (Å²) in [5.41, 5.74) is 1.78. The zero-order valence-electron chi connectivity index (χ0n) is 14.5. The van der Waals surface area contributed by atoms with Gasteiger partial charge >= 0.3 is 0 Å². The summed E-state index contributed by atoms with van der Waals surface area (Å²) in [6, 6.07) is 14.5. The molecule has 1 aromatic heterocycles. The molecule has 0 radical (unpaired) electrons. The second kappa shape index (κ2) is 7.48. The van der Waals surface area contributed by atoms with Crippen molar-refractivity contribution < 1.29 is 13.6 Å². The van der Waals surface area contributed by atoms with Crippen LogP contribution in [0.15, 0.2) is 54.6 Å². The Morgan fingerprint density at radius 2 is 1.70 bits per heavy atom. The number of thiophene rings is 1. The molecule has 2 aromatic carbocycles. The summed E-state index contributed by atoms with van der Waals surface area (Å²) in [5.74, 6) is -1.09. The van der Waals surface area contributed by atoms with Crippen LogP contribution in [0.2, 0.25) is 0 Å². The molecule has 1 aliphatic rings. The molecule has 3 aromatic rings. The van der Waals surface area contributed by atoms with Gasteiger partial charge in [0.2, 0.25) is 0 Å². The van der Waals surface area contributed by atoms with E-state index in [1.807, 2.05) is 12.1 Å². The molecule has 27 heavy (non-hydrogen) atoms. The molecule has 138 valence electrons. The van der Waals surface area contributed by atoms with Crippen LogP contribution in [0.5, 0.6) is 0 Å². The molecule has 0 saturated carbocycles. The van der Waals surface area contributed by atoms with Crippen LogP contribution >= 0.6 is 11.3 Å². The number of nitrogens with one attached hydrogen (secondary N) is 1. The average Bonchev–Trinajstić information content (AvgIpc) is 3.36. The summed E-state index contributed by atoms with van der Waals surface area (Å²) >= 11 is 1.29. The van der Waals surface area contributed by atoms with Gasteiger partial charge in [0.1, 0.15) is 17.3 Å². The van der Waals surface area contributed by atoms with E-state index in [-0.39, 0.29) is 17.4 Å². The molecular weight excluding hydrogens is 366 g/mol. The van der Waals surface area contributed by atoms with Gasteiger partial charge in [-0.2, -0.15) is 0 Å². The fourth-order valence-corrected chi connectivity index (χ4v) is 4.17. The summed E-state index contributed by atoms with van der Waals surface area (Å²) in [5, 5.41) is 2.74. The van der Waals surface area contributed by atoms with Crippen molar-refractivity contribution in [3.05, 3.63) is 71.1 Å². The lowest BCUT2D eigenvalue weighted by molar-refractivity contribution is 0.103. The fourth-order valence-electron chi connectivity index (χ4n) is 3.26. The van der Waals surface area contributed by atoms with Crippen LogP contribution in [0, 0.1) is 11.6 Å². The molecule has 1 amide bonds. The fraction of sp³-hybridized carbons (Fsp3) is 0.190. The topological polar surface area (TPSA) is 32.3 Å². The molecular formula is C21H18F2N2OS. The highest BCUT2D eigenvalue weighted by Crippen LogP contribution is 2.33. The molecule has 1 N–H and O–H groups in total. The number of nitrogens with zero attached hydrogens (tertiary/aromatic N) is 1. The standard InChI is InChI=1S/C21H18F2N2OS/c22-15-8-6-14(7-9-15)18-10-11-19(27-18)21(26)24-20-16(23)4-3-5-17(20)25-12-1-2-13-25/h3-11H,1-2,12-13H2,(H,24,26). The van der Waals surface area contributed by atoms with Crippen molar-refractivity contribution in [3.8, 4) is 10.4 Å². The van der Waals surface area contributed by atoms with E-state index < -0.39 is 5.82 Å². The number of para-hydroxylation sites is 1. The first-order chi connectivity index (χ1) is 13.1. The monoisotopic (exact) mass is 384 g/mol. The van der Waals surface area contributed by atoms with Gasteiger partial charge in [-0.05, 0) is 54.8 Å². The van der Waals surface area contributed by atoms with Crippen LogP contribution in [0.4, 0.5) is 20.2 Å². The van der Waals surface area contributed by atoms with Gasteiger partial charge in [-0.25, -0.2) is 8.78 Å². The smallest absolute Gasteiger partial charge is 0.265 e. The Labute approximate surface area is 160 Å². The molecule has 1 fully saturated rings. The number of anilines is 2. The Morgan fingerprint density at radius 3 is 2.44 bits per heavy atom. The van der Waals surface area contributed by atoms with Crippen molar-refractivity contribution >= 4 is 28.6 Å². The predicted molar refractivity (Wildman–Crippen MR) is 106 cm³/mol. The Kier molecular flexibility index (Phi) is 4.90. The largest absolute Gasteiger partial charge is 0.370 e. The summed E-state index contributed by atoms with van der Waals surface area (Å²) in [4.78, 5) is 16.1. The Bertz CT molecular complexity index is 963. The molecule has 3 nitrogen and oxygen atoms in total. The Hall–Kier alpha value is -2.73. The third kappa shape index (κ3) is 3.71. The molecule has 0 bridgehead atoms. The minimum Gasteiger partial charge on any atom is -0.370 e. The van der Waals surface area contributed by atoms with Gasteiger partial charge in [-0.1, -0.05) is 18.2 Å². The minimum atomic E-state index is -0.442. The summed E-state index contributed by atoms with van der Waals surface area (Å²) < 4.78 is 27.5. The normalized spacial score (nSPS) is 13.8. The highest BCUT2D eigenvalue weighted by atomic mass is 32.1. The van der Waals surface area contributed by atoms with Gasteiger partial charge in [0.15, 0.2) is 0 Å². The van der Waals surface area contributed by atoms with Gasteiger partial charge in [-0.15, -0.1) is 11.3 Å². The second-order valence-electron chi connectivity index (χ2n) is 6.45. The van der Waals surface area contributed by atoms with Crippen LogP contribution in [-0.2, 0) is 0 Å². The van der Waals surface area contributed by atoms with Gasteiger partial charge in [0, 0.05) is 18.0 Å². The van der Waals surface area contributed by atoms with Crippen LogP contribution in [-0.4, -0.2) is 19.0 Å². The lowest BCUT2D eigenvalue weighted by atomic mass is 10.2. The van der Waals surface area contributed by atoms with Gasteiger partial charge in [0.05, 0.1) is 10.6 Å². The first-order valence-electron chi connectivity index (χ1n) is 8.82. The third-order valence-corrected chi connectivity index (χ3v) is 5.77. The zero-order valence-corrected chi connectivity index (χ0v) is 15.4. The van der Waals surface area contributed by atoms with E-state index in [9.17, 15) is 13.6 Å².